The molecule has 2 aromatic rings. The van der Waals surface area contributed by atoms with Gasteiger partial charge >= 0.3 is 0 Å². The number of hydrogen-bond acceptors (Lipinski definition) is 5. The average molecular weight is 378 g/mol. The molecule has 0 unspecified atom stereocenters. The van der Waals surface area contributed by atoms with Gasteiger partial charge in [-0.05, 0) is 25.8 Å². The minimum Gasteiger partial charge on any atom is -0.387 e. The summed E-state index contributed by atoms with van der Waals surface area (Å²) in [4.78, 5) is 26.9. The molecule has 2 heterocycles. The second-order valence-corrected chi connectivity index (χ2v) is 7.91. The standard InChI is InChI=1S/C18H26N4O3S/c1-12-14-10-15(17(25)19-8-9-21(2)16(24)11-23)26-18(14)22(20-12)13-6-4-3-5-7-13/h10,13,23H,3-9,11H2,1-2H3,(H,19,25). The SMILES string of the molecule is Cc1nn(C2CCCCC2)c2sc(C(=O)NCCN(C)C(=O)CO)cc12. The van der Waals surface area contributed by atoms with Gasteiger partial charge in [0.2, 0.25) is 5.91 Å². The number of carbonyl (C=O) groups is 2. The zero-order chi connectivity index (χ0) is 18.7. The van der Waals surface area contributed by atoms with Gasteiger partial charge in [0.05, 0.1) is 16.6 Å². The van der Waals surface area contributed by atoms with Gasteiger partial charge in [-0.3, -0.25) is 14.3 Å². The molecule has 3 rings (SSSR count). The number of aromatic nitrogens is 2. The fourth-order valence-electron chi connectivity index (χ4n) is 3.43. The number of thiophene rings is 1. The monoisotopic (exact) mass is 378 g/mol. The van der Waals surface area contributed by atoms with E-state index in [1.54, 1.807) is 7.05 Å². The summed E-state index contributed by atoms with van der Waals surface area (Å²) < 4.78 is 2.12. The lowest BCUT2D eigenvalue weighted by Gasteiger charge is -2.22. The lowest BCUT2D eigenvalue weighted by atomic mass is 9.96. The minimum absolute atomic E-state index is 0.134. The normalized spacial score (nSPS) is 15.3. The number of nitrogens with one attached hydrogen (secondary N) is 1. The van der Waals surface area contributed by atoms with Crippen LogP contribution in [-0.2, 0) is 4.79 Å². The van der Waals surface area contributed by atoms with E-state index in [4.69, 9.17) is 10.2 Å². The lowest BCUT2D eigenvalue weighted by Crippen LogP contribution is -2.37. The highest BCUT2D eigenvalue weighted by molar-refractivity contribution is 7.20. The number of amides is 2. The Bertz CT molecular complexity index is 792. The second-order valence-electron chi connectivity index (χ2n) is 6.88. The Kier molecular flexibility index (Phi) is 5.93. The first-order chi connectivity index (χ1) is 12.5. The van der Waals surface area contributed by atoms with Crippen LogP contribution in [0.3, 0.4) is 0 Å². The second kappa shape index (κ2) is 8.18. The minimum atomic E-state index is -0.516. The quantitative estimate of drug-likeness (QED) is 0.806. The van der Waals surface area contributed by atoms with Gasteiger partial charge in [0.1, 0.15) is 11.4 Å². The average Bonchev–Trinajstić information content (AvgIpc) is 3.22. The number of carbonyl (C=O) groups excluding carboxylic acids is 2. The molecule has 0 aromatic carbocycles. The molecule has 142 valence electrons. The summed E-state index contributed by atoms with van der Waals surface area (Å²) in [6.07, 6.45) is 6.08. The number of likely N-dealkylation sites (N-methyl/N-ethyl adjacent to an activating group) is 1. The molecule has 0 radical (unpaired) electrons. The molecule has 1 aliphatic carbocycles. The molecule has 0 atom stereocenters. The summed E-state index contributed by atoms with van der Waals surface area (Å²) in [7, 11) is 1.60. The smallest absolute Gasteiger partial charge is 0.261 e. The van der Waals surface area contributed by atoms with Gasteiger partial charge in [-0.15, -0.1) is 11.3 Å². The molecule has 1 saturated carbocycles. The fourth-order valence-corrected chi connectivity index (χ4v) is 4.58. The summed E-state index contributed by atoms with van der Waals surface area (Å²) in [6.45, 7) is 2.19. The van der Waals surface area contributed by atoms with Crippen molar-refractivity contribution in [1.29, 1.82) is 0 Å². The van der Waals surface area contributed by atoms with Crippen molar-refractivity contribution >= 4 is 33.4 Å². The largest absolute Gasteiger partial charge is 0.387 e. The van der Waals surface area contributed by atoms with Crippen LogP contribution < -0.4 is 5.32 Å². The van der Waals surface area contributed by atoms with E-state index in [0.29, 0.717) is 24.0 Å². The first kappa shape index (κ1) is 18.8. The van der Waals surface area contributed by atoms with Gasteiger partial charge in [0, 0.05) is 25.5 Å². The molecule has 8 heteroatoms. The van der Waals surface area contributed by atoms with E-state index < -0.39 is 6.61 Å². The number of aliphatic hydroxyl groups is 1. The molecule has 2 N–H and O–H groups in total. The van der Waals surface area contributed by atoms with E-state index in [2.05, 4.69) is 10.00 Å². The molecule has 2 aromatic heterocycles. The zero-order valence-corrected chi connectivity index (χ0v) is 16.1. The number of aliphatic hydroxyl groups excluding tert-OH is 1. The predicted octanol–water partition coefficient (Wildman–Crippen LogP) is 2.09. The summed E-state index contributed by atoms with van der Waals surface area (Å²) >= 11 is 1.48. The van der Waals surface area contributed by atoms with Crippen molar-refractivity contribution in [1.82, 2.24) is 20.0 Å². The summed E-state index contributed by atoms with van der Waals surface area (Å²) in [5, 5.41) is 17.4. The highest BCUT2D eigenvalue weighted by atomic mass is 32.1. The summed E-state index contributed by atoms with van der Waals surface area (Å²) in [5.74, 6) is -0.491. The van der Waals surface area contributed by atoms with E-state index in [1.165, 1.54) is 35.5 Å². The fraction of sp³-hybridized carbons (Fsp3) is 0.611. The molecule has 0 saturated heterocycles. The third-order valence-electron chi connectivity index (χ3n) is 5.01. The molecule has 0 aliphatic heterocycles. The van der Waals surface area contributed by atoms with Crippen molar-refractivity contribution in [3.63, 3.8) is 0 Å². The Labute approximate surface area is 157 Å². The number of nitrogens with zero attached hydrogens (tertiary/aromatic N) is 3. The molecule has 1 fully saturated rings. The van der Waals surface area contributed by atoms with Crippen LogP contribution in [-0.4, -0.2) is 58.3 Å². The van der Waals surface area contributed by atoms with Crippen molar-refractivity contribution in [3.05, 3.63) is 16.6 Å². The van der Waals surface area contributed by atoms with Crippen molar-refractivity contribution in [3.8, 4) is 0 Å². The predicted molar refractivity (Wildman–Crippen MR) is 102 cm³/mol. The molecule has 1 aliphatic rings. The van der Waals surface area contributed by atoms with Crippen molar-refractivity contribution in [2.24, 2.45) is 0 Å². The number of hydrogen-bond donors (Lipinski definition) is 2. The third kappa shape index (κ3) is 3.91. The molecular weight excluding hydrogens is 352 g/mol. The van der Waals surface area contributed by atoms with Gasteiger partial charge in [0.15, 0.2) is 0 Å². The molecule has 0 spiro atoms. The van der Waals surface area contributed by atoms with E-state index in [9.17, 15) is 9.59 Å². The van der Waals surface area contributed by atoms with Crippen LogP contribution in [0.5, 0.6) is 0 Å². The van der Waals surface area contributed by atoms with E-state index in [-0.39, 0.29) is 11.8 Å². The number of aryl methyl sites for hydroxylation is 1. The molecule has 2 amide bonds. The Hall–Kier alpha value is -1.93. The Balaban J connectivity index is 1.68. The van der Waals surface area contributed by atoms with Gasteiger partial charge in [-0.25, -0.2) is 0 Å². The van der Waals surface area contributed by atoms with Crippen molar-refractivity contribution in [2.45, 2.75) is 45.1 Å². The van der Waals surface area contributed by atoms with Crippen LogP contribution in [0, 0.1) is 6.92 Å². The highest BCUT2D eigenvalue weighted by Crippen LogP contribution is 2.35. The number of fused-ring (bicyclic) bond motifs is 1. The van der Waals surface area contributed by atoms with E-state index in [1.807, 2.05) is 13.0 Å². The molecule has 7 nitrogen and oxygen atoms in total. The van der Waals surface area contributed by atoms with Crippen LogP contribution in [0.4, 0.5) is 0 Å². The first-order valence-corrected chi connectivity index (χ1v) is 9.94. The third-order valence-corrected chi connectivity index (χ3v) is 6.13. The van der Waals surface area contributed by atoms with Gasteiger partial charge in [0.25, 0.3) is 5.91 Å². The van der Waals surface area contributed by atoms with Crippen LogP contribution in [0.2, 0.25) is 0 Å². The van der Waals surface area contributed by atoms with Gasteiger partial charge < -0.3 is 15.3 Å². The van der Waals surface area contributed by atoms with Crippen molar-refractivity contribution in [2.75, 3.05) is 26.7 Å². The highest BCUT2D eigenvalue weighted by Gasteiger charge is 2.22. The maximum absolute atomic E-state index is 12.4. The summed E-state index contributed by atoms with van der Waals surface area (Å²) in [6, 6.07) is 2.35. The molecular formula is C18H26N4O3S. The Morgan fingerprint density at radius 1 is 1.38 bits per heavy atom. The Morgan fingerprint density at radius 3 is 2.81 bits per heavy atom. The Morgan fingerprint density at radius 2 is 2.12 bits per heavy atom. The summed E-state index contributed by atoms with van der Waals surface area (Å²) in [5.41, 5.74) is 0.967. The van der Waals surface area contributed by atoms with Crippen LogP contribution in [0.15, 0.2) is 6.07 Å². The van der Waals surface area contributed by atoms with E-state index in [0.717, 1.165) is 28.8 Å². The number of rotatable bonds is 6. The van der Waals surface area contributed by atoms with Crippen molar-refractivity contribution < 1.29 is 14.7 Å². The maximum Gasteiger partial charge on any atom is 0.261 e. The van der Waals surface area contributed by atoms with Gasteiger partial charge in [-0.2, -0.15) is 5.10 Å². The van der Waals surface area contributed by atoms with Crippen LogP contribution in [0.25, 0.3) is 10.2 Å². The zero-order valence-electron chi connectivity index (χ0n) is 15.3. The first-order valence-electron chi connectivity index (χ1n) is 9.13. The van der Waals surface area contributed by atoms with Crippen LogP contribution >= 0.6 is 11.3 Å². The topological polar surface area (TPSA) is 87.5 Å². The van der Waals surface area contributed by atoms with E-state index >= 15 is 0 Å². The molecule has 26 heavy (non-hydrogen) atoms. The molecule has 0 bridgehead atoms. The maximum atomic E-state index is 12.4. The lowest BCUT2D eigenvalue weighted by molar-refractivity contribution is -0.132. The van der Waals surface area contributed by atoms with Gasteiger partial charge in [-0.1, -0.05) is 19.3 Å². The van der Waals surface area contributed by atoms with Crippen LogP contribution in [0.1, 0.15) is 53.5 Å².